The second-order valence-electron chi connectivity index (χ2n) is 4.81. The molecule has 0 saturated carbocycles. The van der Waals surface area contributed by atoms with Crippen molar-refractivity contribution in [1.82, 2.24) is 0 Å². The van der Waals surface area contributed by atoms with Crippen LogP contribution in [0.4, 0.5) is 0 Å². The molecule has 1 aromatic carbocycles. The van der Waals surface area contributed by atoms with E-state index < -0.39 is 10.8 Å². The summed E-state index contributed by atoms with van der Waals surface area (Å²) in [5.74, 6) is 0.975. The molecule has 0 aromatic heterocycles. The van der Waals surface area contributed by atoms with Gasteiger partial charge in [-0.05, 0) is 43.0 Å². The number of rotatable bonds is 5. The van der Waals surface area contributed by atoms with Crippen LogP contribution in [-0.4, -0.2) is 16.0 Å². The molecule has 0 fully saturated rings. The average molecular weight is 253 g/mol. The van der Waals surface area contributed by atoms with Crippen molar-refractivity contribution in [3.63, 3.8) is 0 Å². The molecule has 0 radical (unpaired) electrons. The van der Waals surface area contributed by atoms with Gasteiger partial charge in [-0.1, -0.05) is 26.3 Å². The van der Waals surface area contributed by atoms with Crippen LogP contribution in [0.1, 0.15) is 31.4 Å². The van der Waals surface area contributed by atoms with Crippen LogP contribution in [-0.2, 0) is 10.8 Å². The van der Waals surface area contributed by atoms with Gasteiger partial charge in [0.15, 0.2) is 0 Å². The van der Waals surface area contributed by atoms with Crippen LogP contribution in [0.2, 0.25) is 0 Å². The van der Waals surface area contributed by atoms with E-state index in [-0.39, 0.29) is 6.04 Å². The van der Waals surface area contributed by atoms with Gasteiger partial charge in [0.1, 0.15) is 0 Å². The summed E-state index contributed by atoms with van der Waals surface area (Å²) in [4.78, 5) is 0.895. The van der Waals surface area contributed by atoms with Gasteiger partial charge in [0.05, 0.1) is 10.8 Å². The fourth-order valence-electron chi connectivity index (χ4n) is 1.59. The predicted molar refractivity (Wildman–Crippen MR) is 74.6 cm³/mol. The number of aryl methyl sites for hydroxylation is 2. The lowest BCUT2D eigenvalue weighted by Crippen LogP contribution is -2.33. The van der Waals surface area contributed by atoms with Crippen LogP contribution in [0, 0.1) is 19.8 Å². The maximum atomic E-state index is 12.2. The molecule has 17 heavy (non-hydrogen) atoms. The highest BCUT2D eigenvalue weighted by Gasteiger charge is 2.15. The van der Waals surface area contributed by atoms with Crippen molar-refractivity contribution >= 4 is 10.8 Å². The maximum absolute atomic E-state index is 12.2. The molecule has 3 heteroatoms. The van der Waals surface area contributed by atoms with Crippen molar-refractivity contribution in [2.45, 2.75) is 45.1 Å². The lowest BCUT2D eigenvalue weighted by atomic mass is 10.0. The van der Waals surface area contributed by atoms with Crippen molar-refractivity contribution in [2.75, 3.05) is 5.75 Å². The SMILES string of the molecule is CCC(C)C(N)CS(=O)c1ccc(C)c(C)c1. The van der Waals surface area contributed by atoms with Gasteiger partial charge < -0.3 is 5.73 Å². The van der Waals surface area contributed by atoms with E-state index in [9.17, 15) is 4.21 Å². The Morgan fingerprint density at radius 1 is 1.29 bits per heavy atom. The van der Waals surface area contributed by atoms with Crippen molar-refractivity contribution in [3.05, 3.63) is 29.3 Å². The fourth-order valence-corrected chi connectivity index (χ4v) is 2.99. The third kappa shape index (κ3) is 3.93. The van der Waals surface area contributed by atoms with Crippen LogP contribution < -0.4 is 5.73 Å². The number of hydrogen-bond donors (Lipinski definition) is 1. The first-order valence-corrected chi connectivity index (χ1v) is 7.48. The third-order valence-electron chi connectivity index (χ3n) is 3.46. The molecule has 0 aliphatic rings. The number of nitrogens with two attached hydrogens (primary N) is 1. The minimum atomic E-state index is -0.979. The zero-order valence-electron chi connectivity index (χ0n) is 11.2. The number of benzene rings is 1. The molecule has 0 aliphatic carbocycles. The minimum absolute atomic E-state index is 0.0162. The summed E-state index contributed by atoms with van der Waals surface area (Å²) in [6.45, 7) is 8.34. The Morgan fingerprint density at radius 3 is 2.47 bits per heavy atom. The van der Waals surface area contributed by atoms with Gasteiger partial charge in [-0.25, -0.2) is 0 Å². The Hall–Kier alpha value is -0.670. The van der Waals surface area contributed by atoms with Crippen molar-refractivity contribution in [3.8, 4) is 0 Å². The zero-order chi connectivity index (χ0) is 13.0. The lowest BCUT2D eigenvalue weighted by Gasteiger charge is -2.17. The Kier molecular flexibility index (Phi) is 5.34. The van der Waals surface area contributed by atoms with Gasteiger partial charge in [-0.15, -0.1) is 0 Å². The lowest BCUT2D eigenvalue weighted by molar-refractivity contribution is 0.472. The standard InChI is InChI=1S/C14H23NOS/c1-5-10(2)14(15)9-17(16)13-7-6-11(3)12(4)8-13/h6-8,10,14H,5,9,15H2,1-4H3. The normalized spacial score (nSPS) is 16.5. The first-order valence-electron chi connectivity index (χ1n) is 6.17. The Morgan fingerprint density at radius 2 is 1.94 bits per heavy atom. The smallest absolute Gasteiger partial charge is 0.0545 e. The molecule has 1 aromatic rings. The average Bonchev–Trinajstić information content (AvgIpc) is 2.31. The summed E-state index contributed by atoms with van der Waals surface area (Å²) in [6, 6.07) is 6.00. The molecule has 0 aliphatic heterocycles. The Balaban J connectivity index is 2.73. The maximum Gasteiger partial charge on any atom is 0.0545 e. The zero-order valence-corrected chi connectivity index (χ0v) is 12.0. The highest BCUT2D eigenvalue weighted by atomic mass is 32.2. The molecule has 1 rings (SSSR count). The Bertz CT molecular complexity index is 403. The van der Waals surface area contributed by atoms with Crippen molar-refractivity contribution < 1.29 is 4.21 Å². The topological polar surface area (TPSA) is 43.1 Å². The second-order valence-corrected chi connectivity index (χ2v) is 6.30. The summed E-state index contributed by atoms with van der Waals surface area (Å²) in [5.41, 5.74) is 8.46. The Labute approximate surface area is 107 Å². The molecule has 0 spiro atoms. The highest BCUT2D eigenvalue weighted by Crippen LogP contribution is 2.15. The van der Waals surface area contributed by atoms with E-state index in [1.54, 1.807) is 0 Å². The van der Waals surface area contributed by atoms with Crippen LogP contribution >= 0.6 is 0 Å². The first-order chi connectivity index (χ1) is 7.95. The quantitative estimate of drug-likeness (QED) is 0.877. The second kappa shape index (κ2) is 6.31. The van der Waals surface area contributed by atoms with Gasteiger partial charge in [-0.3, -0.25) is 4.21 Å². The summed E-state index contributed by atoms with van der Waals surface area (Å²) < 4.78 is 12.2. The van der Waals surface area contributed by atoms with Crippen LogP contribution in [0.25, 0.3) is 0 Å². The van der Waals surface area contributed by atoms with E-state index in [2.05, 4.69) is 20.8 Å². The van der Waals surface area contributed by atoms with Gasteiger partial charge in [0.2, 0.25) is 0 Å². The van der Waals surface area contributed by atoms with Crippen LogP contribution in [0.3, 0.4) is 0 Å². The molecule has 0 saturated heterocycles. The fraction of sp³-hybridized carbons (Fsp3) is 0.571. The molecule has 96 valence electrons. The van der Waals surface area contributed by atoms with Gasteiger partial charge >= 0.3 is 0 Å². The van der Waals surface area contributed by atoms with Crippen molar-refractivity contribution in [1.29, 1.82) is 0 Å². The van der Waals surface area contributed by atoms with E-state index in [1.807, 2.05) is 25.1 Å². The summed E-state index contributed by atoms with van der Waals surface area (Å²) in [6.07, 6.45) is 1.03. The van der Waals surface area contributed by atoms with Gasteiger partial charge in [-0.2, -0.15) is 0 Å². The highest BCUT2D eigenvalue weighted by molar-refractivity contribution is 7.85. The molecular formula is C14H23NOS. The van der Waals surface area contributed by atoms with E-state index in [4.69, 9.17) is 5.73 Å². The summed E-state index contributed by atoms with van der Waals surface area (Å²) >= 11 is 0. The van der Waals surface area contributed by atoms with Gasteiger partial charge in [0.25, 0.3) is 0 Å². The van der Waals surface area contributed by atoms with E-state index in [1.165, 1.54) is 11.1 Å². The molecule has 2 nitrogen and oxygen atoms in total. The molecule has 0 bridgehead atoms. The summed E-state index contributed by atoms with van der Waals surface area (Å²) in [5, 5.41) is 0. The minimum Gasteiger partial charge on any atom is -0.327 e. The van der Waals surface area contributed by atoms with Crippen LogP contribution in [0.15, 0.2) is 23.1 Å². The molecule has 0 amide bonds. The molecule has 0 heterocycles. The van der Waals surface area contributed by atoms with Gasteiger partial charge in [0, 0.05) is 16.7 Å². The van der Waals surface area contributed by atoms with Crippen molar-refractivity contribution in [2.24, 2.45) is 11.7 Å². The molecule has 2 N–H and O–H groups in total. The van der Waals surface area contributed by atoms with E-state index in [0.717, 1.165) is 11.3 Å². The number of hydrogen-bond acceptors (Lipinski definition) is 2. The molecule has 3 unspecified atom stereocenters. The predicted octanol–water partition coefficient (Wildman–Crippen LogP) is 2.78. The van der Waals surface area contributed by atoms with E-state index >= 15 is 0 Å². The third-order valence-corrected chi connectivity index (χ3v) is 4.93. The molecule has 3 atom stereocenters. The first kappa shape index (κ1) is 14.4. The molecular weight excluding hydrogens is 230 g/mol. The monoisotopic (exact) mass is 253 g/mol. The largest absolute Gasteiger partial charge is 0.327 e. The van der Waals surface area contributed by atoms with Crippen LogP contribution in [0.5, 0.6) is 0 Å². The summed E-state index contributed by atoms with van der Waals surface area (Å²) in [7, 11) is -0.979. The van der Waals surface area contributed by atoms with E-state index in [0.29, 0.717) is 11.7 Å².